The molecule has 0 saturated carbocycles. The topological polar surface area (TPSA) is 32.3 Å². The first-order valence-electron chi connectivity index (χ1n) is 5.23. The third-order valence-electron chi connectivity index (χ3n) is 2.78. The first kappa shape index (κ1) is 10.2. The molecule has 0 spiro atoms. The molecular weight excluding hydrogens is 188 g/mol. The van der Waals surface area contributed by atoms with E-state index in [1.54, 1.807) is 19.0 Å². The quantitative estimate of drug-likeness (QED) is 0.741. The van der Waals surface area contributed by atoms with E-state index in [4.69, 9.17) is 0 Å². The highest BCUT2D eigenvalue weighted by atomic mass is 16.2. The zero-order chi connectivity index (χ0) is 10.8. The molecule has 1 N–H and O–H groups in total. The predicted molar refractivity (Wildman–Crippen MR) is 59.9 cm³/mol. The molecule has 0 saturated heterocycles. The highest BCUT2D eigenvalue weighted by Crippen LogP contribution is 2.19. The van der Waals surface area contributed by atoms with Crippen LogP contribution < -0.4 is 5.32 Å². The number of carbonyl (C=O) groups excluding carboxylic acids is 1. The predicted octanol–water partition coefficient (Wildman–Crippen LogP) is 1.03. The van der Waals surface area contributed by atoms with Crippen molar-refractivity contribution in [1.29, 1.82) is 0 Å². The standard InChI is InChI=1S/C12H16N2O/c1-14(2)12(15)10-5-3-4-9-6-7-13-8-11(9)10/h3-5,13H,6-8H2,1-2H3. The van der Waals surface area contributed by atoms with Gasteiger partial charge in [-0.25, -0.2) is 0 Å². The molecule has 0 aromatic heterocycles. The maximum atomic E-state index is 11.9. The maximum Gasteiger partial charge on any atom is 0.253 e. The lowest BCUT2D eigenvalue weighted by atomic mass is 9.95. The van der Waals surface area contributed by atoms with Crippen LogP contribution in [0.25, 0.3) is 0 Å². The molecule has 3 heteroatoms. The van der Waals surface area contributed by atoms with Crippen molar-refractivity contribution in [2.75, 3.05) is 20.6 Å². The number of benzene rings is 1. The Bertz CT molecular complexity index is 385. The molecule has 0 atom stereocenters. The van der Waals surface area contributed by atoms with Crippen LogP contribution in [0.2, 0.25) is 0 Å². The van der Waals surface area contributed by atoms with Crippen molar-refractivity contribution >= 4 is 5.91 Å². The number of hydrogen-bond acceptors (Lipinski definition) is 2. The maximum absolute atomic E-state index is 11.9. The van der Waals surface area contributed by atoms with E-state index in [1.165, 1.54) is 11.1 Å². The lowest BCUT2D eigenvalue weighted by Gasteiger charge is -2.21. The van der Waals surface area contributed by atoms with Crippen LogP contribution in [0.5, 0.6) is 0 Å². The molecular formula is C12H16N2O. The SMILES string of the molecule is CN(C)C(=O)c1cccc2c1CNCC2. The van der Waals surface area contributed by atoms with Crippen LogP contribution in [0, 0.1) is 0 Å². The van der Waals surface area contributed by atoms with E-state index in [9.17, 15) is 4.79 Å². The Balaban J connectivity index is 2.43. The third-order valence-corrected chi connectivity index (χ3v) is 2.78. The number of nitrogens with one attached hydrogen (secondary N) is 1. The van der Waals surface area contributed by atoms with Gasteiger partial charge in [0.15, 0.2) is 0 Å². The Hall–Kier alpha value is -1.35. The zero-order valence-corrected chi connectivity index (χ0v) is 9.21. The van der Waals surface area contributed by atoms with Crippen molar-refractivity contribution < 1.29 is 4.79 Å². The van der Waals surface area contributed by atoms with Crippen molar-refractivity contribution in [3.8, 4) is 0 Å². The van der Waals surface area contributed by atoms with E-state index >= 15 is 0 Å². The third kappa shape index (κ3) is 1.88. The van der Waals surface area contributed by atoms with Gasteiger partial charge in [-0.3, -0.25) is 4.79 Å². The fourth-order valence-corrected chi connectivity index (χ4v) is 1.96. The Morgan fingerprint density at radius 2 is 2.20 bits per heavy atom. The van der Waals surface area contributed by atoms with Gasteiger partial charge in [-0.1, -0.05) is 12.1 Å². The summed E-state index contributed by atoms with van der Waals surface area (Å²) >= 11 is 0. The average Bonchev–Trinajstić information content (AvgIpc) is 2.27. The van der Waals surface area contributed by atoms with Crippen molar-refractivity contribution in [2.45, 2.75) is 13.0 Å². The minimum absolute atomic E-state index is 0.0931. The summed E-state index contributed by atoms with van der Waals surface area (Å²) in [6.45, 7) is 1.82. The van der Waals surface area contributed by atoms with Gasteiger partial charge in [0.05, 0.1) is 0 Å². The summed E-state index contributed by atoms with van der Waals surface area (Å²) in [5, 5.41) is 3.30. The molecule has 0 bridgehead atoms. The van der Waals surface area contributed by atoms with Crippen LogP contribution in [0.1, 0.15) is 21.5 Å². The van der Waals surface area contributed by atoms with Crippen LogP contribution in [-0.4, -0.2) is 31.4 Å². The molecule has 1 aliphatic rings. The van der Waals surface area contributed by atoms with Crippen LogP contribution in [0.4, 0.5) is 0 Å². The van der Waals surface area contributed by atoms with E-state index in [2.05, 4.69) is 11.4 Å². The molecule has 80 valence electrons. The lowest BCUT2D eigenvalue weighted by molar-refractivity contribution is 0.0826. The van der Waals surface area contributed by atoms with E-state index in [-0.39, 0.29) is 5.91 Å². The summed E-state index contributed by atoms with van der Waals surface area (Å²) < 4.78 is 0. The van der Waals surface area contributed by atoms with Gasteiger partial charge in [0, 0.05) is 26.2 Å². The molecule has 0 aliphatic carbocycles. The Morgan fingerprint density at radius 3 is 2.93 bits per heavy atom. The summed E-state index contributed by atoms with van der Waals surface area (Å²) in [5.41, 5.74) is 3.31. The summed E-state index contributed by atoms with van der Waals surface area (Å²) in [5.74, 6) is 0.0931. The number of hydrogen-bond donors (Lipinski definition) is 1. The Morgan fingerprint density at radius 1 is 1.40 bits per heavy atom. The van der Waals surface area contributed by atoms with Gasteiger partial charge in [0.1, 0.15) is 0 Å². The molecule has 0 unspecified atom stereocenters. The van der Waals surface area contributed by atoms with Gasteiger partial charge in [-0.05, 0) is 30.2 Å². The highest BCUT2D eigenvalue weighted by molar-refractivity contribution is 5.95. The molecule has 15 heavy (non-hydrogen) atoms. The molecule has 0 fully saturated rings. The molecule has 1 aliphatic heterocycles. The number of rotatable bonds is 1. The van der Waals surface area contributed by atoms with Crippen LogP contribution in [0.15, 0.2) is 18.2 Å². The van der Waals surface area contributed by atoms with Gasteiger partial charge < -0.3 is 10.2 Å². The van der Waals surface area contributed by atoms with Gasteiger partial charge in [-0.15, -0.1) is 0 Å². The number of nitrogens with zero attached hydrogens (tertiary/aromatic N) is 1. The average molecular weight is 204 g/mol. The molecule has 3 nitrogen and oxygen atoms in total. The van der Waals surface area contributed by atoms with E-state index < -0.39 is 0 Å². The monoisotopic (exact) mass is 204 g/mol. The zero-order valence-electron chi connectivity index (χ0n) is 9.21. The number of carbonyl (C=O) groups is 1. The first-order valence-corrected chi connectivity index (χ1v) is 5.23. The van der Waals surface area contributed by atoms with Crippen LogP contribution >= 0.6 is 0 Å². The molecule has 1 heterocycles. The molecule has 1 aromatic rings. The number of amides is 1. The second-order valence-electron chi connectivity index (χ2n) is 4.07. The molecule has 0 radical (unpaired) electrons. The highest BCUT2D eigenvalue weighted by Gasteiger charge is 2.17. The Labute approximate surface area is 90.1 Å². The van der Waals surface area contributed by atoms with Crippen molar-refractivity contribution in [3.63, 3.8) is 0 Å². The molecule has 2 rings (SSSR count). The van der Waals surface area contributed by atoms with Gasteiger partial charge in [0.2, 0.25) is 0 Å². The van der Waals surface area contributed by atoms with Crippen LogP contribution in [-0.2, 0) is 13.0 Å². The Kier molecular flexibility index (Phi) is 2.73. The fraction of sp³-hybridized carbons (Fsp3) is 0.417. The van der Waals surface area contributed by atoms with Crippen molar-refractivity contribution in [1.82, 2.24) is 10.2 Å². The van der Waals surface area contributed by atoms with Gasteiger partial charge in [-0.2, -0.15) is 0 Å². The summed E-state index contributed by atoms with van der Waals surface area (Å²) in [6, 6.07) is 6.00. The largest absolute Gasteiger partial charge is 0.345 e. The van der Waals surface area contributed by atoms with E-state index in [0.29, 0.717) is 0 Å². The fourth-order valence-electron chi connectivity index (χ4n) is 1.96. The van der Waals surface area contributed by atoms with Gasteiger partial charge >= 0.3 is 0 Å². The first-order chi connectivity index (χ1) is 7.20. The van der Waals surface area contributed by atoms with Crippen molar-refractivity contribution in [3.05, 3.63) is 34.9 Å². The van der Waals surface area contributed by atoms with E-state index in [0.717, 1.165) is 25.1 Å². The minimum Gasteiger partial charge on any atom is -0.345 e. The number of fused-ring (bicyclic) bond motifs is 1. The summed E-state index contributed by atoms with van der Waals surface area (Å²) in [7, 11) is 3.58. The van der Waals surface area contributed by atoms with E-state index in [1.807, 2.05) is 12.1 Å². The normalized spacial score (nSPS) is 14.5. The van der Waals surface area contributed by atoms with Gasteiger partial charge in [0.25, 0.3) is 5.91 Å². The van der Waals surface area contributed by atoms with Crippen LogP contribution in [0.3, 0.4) is 0 Å². The second kappa shape index (κ2) is 4.03. The molecule has 1 aromatic carbocycles. The smallest absolute Gasteiger partial charge is 0.253 e. The van der Waals surface area contributed by atoms with Crippen molar-refractivity contribution in [2.24, 2.45) is 0 Å². The molecule has 1 amide bonds. The minimum atomic E-state index is 0.0931. The second-order valence-corrected chi connectivity index (χ2v) is 4.07. The summed E-state index contributed by atoms with van der Waals surface area (Å²) in [6.07, 6.45) is 1.02. The lowest BCUT2D eigenvalue weighted by Crippen LogP contribution is -2.29. The summed E-state index contributed by atoms with van der Waals surface area (Å²) in [4.78, 5) is 13.5.